The van der Waals surface area contributed by atoms with Crippen LogP contribution < -0.4 is 16.0 Å². The quantitative estimate of drug-likeness (QED) is 0.352. The lowest BCUT2D eigenvalue weighted by Gasteiger charge is -2.14. The minimum atomic E-state index is 0.231. The van der Waals surface area contributed by atoms with Crippen LogP contribution in [-0.4, -0.2) is 30.6 Å². The molecule has 0 saturated heterocycles. The maximum Gasteiger partial charge on any atom is 0.247 e. The molecule has 0 bridgehead atoms. The molecule has 3 N–H and O–H groups in total. The second kappa shape index (κ2) is 9.32. The van der Waals surface area contributed by atoms with Crippen molar-refractivity contribution in [1.29, 1.82) is 10.5 Å². The van der Waals surface area contributed by atoms with Gasteiger partial charge in [0.1, 0.15) is 6.07 Å². The molecule has 1 saturated carbocycles. The number of pyridine rings is 1. The highest BCUT2D eigenvalue weighted by molar-refractivity contribution is 6.34. The number of benzene rings is 1. The molecule has 11 heteroatoms. The van der Waals surface area contributed by atoms with Crippen LogP contribution >= 0.6 is 11.6 Å². The molecule has 1 fully saturated rings. The van der Waals surface area contributed by atoms with E-state index in [0.717, 1.165) is 24.1 Å². The molecule has 168 valence electrons. The zero-order chi connectivity index (χ0) is 23.5. The first-order valence-electron chi connectivity index (χ1n) is 10.7. The van der Waals surface area contributed by atoms with Gasteiger partial charge >= 0.3 is 0 Å². The Morgan fingerprint density at radius 1 is 1.12 bits per heavy atom. The molecule has 3 heterocycles. The van der Waals surface area contributed by atoms with Crippen LogP contribution in [0.1, 0.15) is 35.4 Å². The maximum atomic E-state index is 9.54. The first-order chi connectivity index (χ1) is 16.6. The average molecular weight is 471 g/mol. The van der Waals surface area contributed by atoms with Gasteiger partial charge in [-0.2, -0.15) is 20.0 Å². The topological polar surface area (TPSA) is 140 Å². The summed E-state index contributed by atoms with van der Waals surface area (Å²) in [5.74, 6) is 0.765. The Balaban J connectivity index is 1.44. The van der Waals surface area contributed by atoms with Gasteiger partial charge in [0.15, 0.2) is 17.2 Å². The van der Waals surface area contributed by atoms with Crippen LogP contribution in [0.2, 0.25) is 5.02 Å². The summed E-state index contributed by atoms with van der Waals surface area (Å²) in [5, 5.41) is 33.6. The number of nitrogens with one attached hydrogen (secondary N) is 3. The number of imidazole rings is 1. The van der Waals surface area contributed by atoms with E-state index in [1.807, 2.05) is 18.2 Å². The highest BCUT2D eigenvalue weighted by Gasteiger charge is 2.24. The smallest absolute Gasteiger partial charge is 0.247 e. The first kappa shape index (κ1) is 21.6. The Kier molecular flexibility index (Phi) is 5.91. The highest BCUT2D eigenvalue weighted by Crippen LogP contribution is 2.31. The van der Waals surface area contributed by atoms with Gasteiger partial charge in [0.05, 0.1) is 34.2 Å². The van der Waals surface area contributed by atoms with E-state index in [-0.39, 0.29) is 11.6 Å². The number of aromatic nitrogens is 5. The zero-order valence-corrected chi connectivity index (χ0v) is 18.7. The van der Waals surface area contributed by atoms with Crippen molar-refractivity contribution in [2.24, 2.45) is 0 Å². The third-order valence-corrected chi connectivity index (χ3v) is 5.71. The minimum absolute atomic E-state index is 0.231. The summed E-state index contributed by atoms with van der Waals surface area (Å²) in [7, 11) is 0. The molecule has 0 atom stereocenters. The Morgan fingerprint density at radius 2 is 2.00 bits per heavy atom. The predicted molar refractivity (Wildman–Crippen MR) is 126 cm³/mol. The lowest BCUT2D eigenvalue weighted by Crippen LogP contribution is -2.14. The van der Waals surface area contributed by atoms with E-state index in [9.17, 15) is 10.5 Å². The van der Waals surface area contributed by atoms with Gasteiger partial charge in [-0.1, -0.05) is 17.7 Å². The van der Waals surface area contributed by atoms with E-state index >= 15 is 0 Å². The summed E-state index contributed by atoms with van der Waals surface area (Å²) in [6.45, 7) is 0.998. The Labute approximate surface area is 200 Å². The van der Waals surface area contributed by atoms with E-state index in [4.69, 9.17) is 11.6 Å². The third-order valence-electron chi connectivity index (χ3n) is 5.27. The summed E-state index contributed by atoms with van der Waals surface area (Å²) in [6.07, 6.45) is 5.30. The number of halogens is 1. The number of anilines is 3. The lowest BCUT2D eigenvalue weighted by atomic mass is 10.1. The lowest BCUT2D eigenvalue weighted by molar-refractivity contribution is 0.680. The fourth-order valence-corrected chi connectivity index (χ4v) is 3.67. The van der Waals surface area contributed by atoms with Crippen molar-refractivity contribution in [3.63, 3.8) is 0 Å². The van der Waals surface area contributed by atoms with Crippen molar-refractivity contribution >= 4 is 34.7 Å². The summed E-state index contributed by atoms with van der Waals surface area (Å²) in [6, 6.07) is 13.7. The van der Waals surface area contributed by atoms with Crippen LogP contribution in [0.3, 0.4) is 0 Å². The molecule has 4 aromatic rings. The van der Waals surface area contributed by atoms with Crippen LogP contribution in [0.5, 0.6) is 0 Å². The summed E-state index contributed by atoms with van der Waals surface area (Å²) >= 11 is 6.69. The number of hydrogen-bond donors (Lipinski definition) is 3. The number of nitrogens with zero attached hydrogens (tertiary/aromatic N) is 7. The molecular formula is C23H19ClN10. The number of fused-ring (bicyclic) bond motifs is 1. The number of rotatable bonds is 8. The summed E-state index contributed by atoms with van der Waals surface area (Å²) in [4.78, 5) is 13.1. The Hall–Kier alpha value is -4.25. The van der Waals surface area contributed by atoms with E-state index in [0.29, 0.717) is 46.9 Å². The van der Waals surface area contributed by atoms with E-state index < -0.39 is 0 Å². The van der Waals surface area contributed by atoms with Crippen LogP contribution in [0.15, 0.2) is 42.7 Å². The molecule has 1 aromatic carbocycles. The van der Waals surface area contributed by atoms with E-state index in [1.54, 1.807) is 18.3 Å². The van der Waals surface area contributed by atoms with Gasteiger partial charge in [-0.05, 0) is 42.7 Å². The van der Waals surface area contributed by atoms with Gasteiger partial charge in [0, 0.05) is 25.3 Å². The molecule has 0 aliphatic heterocycles. The Bertz CT molecular complexity index is 1430. The largest absolute Gasteiger partial charge is 0.364 e. The van der Waals surface area contributed by atoms with Crippen LogP contribution in [0, 0.1) is 22.7 Å². The second-order valence-electron chi connectivity index (χ2n) is 7.85. The molecule has 1 aliphatic rings. The van der Waals surface area contributed by atoms with Crippen LogP contribution in [0.4, 0.5) is 17.5 Å². The molecule has 10 nitrogen and oxygen atoms in total. The van der Waals surface area contributed by atoms with Crippen molar-refractivity contribution in [1.82, 2.24) is 29.9 Å². The maximum absolute atomic E-state index is 9.54. The van der Waals surface area contributed by atoms with Gasteiger partial charge in [0.2, 0.25) is 5.95 Å². The monoisotopic (exact) mass is 470 g/mol. The van der Waals surface area contributed by atoms with Crippen molar-refractivity contribution in [2.45, 2.75) is 32.0 Å². The third kappa shape index (κ3) is 4.59. The molecule has 1 aliphatic carbocycles. The predicted octanol–water partition coefficient (Wildman–Crippen LogP) is 3.52. The Morgan fingerprint density at radius 3 is 2.74 bits per heavy atom. The molecule has 34 heavy (non-hydrogen) atoms. The highest BCUT2D eigenvalue weighted by atomic mass is 35.5. The van der Waals surface area contributed by atoms with Gasteiger partial charge in [-0.15, -0.1) is 5.10 Å². The molecule has 0 radical (unpaired) electrons. The van der Waals surface area contributed by atoms with Crippen molar-refractivity contribution in [3.8, 4) is 12.1 Å². The van der Waals surface area contributed by atoms with Gasteiger partial charge in [-0.25, -0.2) is 4.98 Å². The normalized spacial score (nSPS) is 12.8. The average Bonchev–Trinajstić information content (AvgIpc) is 3.57. The van der Waals surface area contributed by atoms with Gasteiger partial charge in [0.25, 0.3) is 0 Å². The van der Waals surface area contributed by atoms with Gasteiger partial charge < -0.3 is 16.0 Å². The van der Waals surface area contributed by atoms with Crippen molar-refractivity contribution in [2.75, 3.05) is 10.6 Å². The SMILES string of the molecule is N#Cc1cc(CNCc2ccccn2)c(Cl)c(Nc2nc(NC3CC3)c3ncc(C#N)n3n2)c1. The molecule has 0 unspecified atom stereocenters. The van der Waals surface area contributed by atoms with Crippen LogP contribution in [0.25, 0.3) is 5.65 Å². The zero-order valence-electron chi connectivity index (χ0n) is 18.0. The van der Waals surface area contributed by atoms with E-state index in [1.165, 1.54) is 10.7 Å². The molecule has 3 aromatic heterocycles. The van der Waals surface area contributed by atoms with Gasteiger partial charge in [-0.3, -0.25) is 4.98 Å². The molecule has 0 amide bonds. The summed E-state index contributed by atoms with van der Waals surface area (Å²) < 4.78 is 1.44. The molecule has 5 rings (SSSR count). The fraction of sp³-hybridized carbons (Fsp3) is 0.217. The van der Waals surface area contributed by atoms with Crippen molar-refractivity contribution < 1.29 is 0 Å². The minimum Gasteiger partial charge on any atom is -0.364 e. The summed E-state index contributed by atoms with van der Waals surface area (Å²) in [5.41, 5.74) is 3.35. The number of nitriles is 2. The molecule has 0 spiro atoms. The second-order valence-corrected chi connectivity index (χ2v) is 8.23. The fourth-order valence-electron chi connectivity index (χ4n) is 3.45. The van der Waals surface area contributed by atoms with Crippen LogP contribution in [-0.2, 0) is 13.1 Å². The number of hydrogen-bond acceptors (Lipinski definition) is 9. The van der Waals surface area contributed by atoms with E-state index in [2.05, 4.69) is 48.1 Å². The standard InChI is InChI=1S/C23H19ClN10/c24-20-15(11-27-12-17-3-1-2-6-28-17)7-14(9-25)8-19(20)31-23-32-21(30-16-4-5-16)22-29-13-18(10-26)34(22)33-23/h1-3,6-8,13,16,27H,4-5,11-12H2,(H2,30,31,32,33). The molecular weight excluding hydrogens is 452 g/mol. The van der Waals surface area contributed by atoms with Crippen molar-refractivity contribution in [3.05, 3.63) is 70.3 Å². The first-order valence-corrected chi connectivity index (χ1v) is 11.0.